The van der Waals surface area contributed by atoms with Crippen molar-refractivity contribution < 1.29 is 4.79 Å². The Bertz CT molecular complexity index is 432. The first-order valence-corrected chi connectivity index (χ1v) is 8.25. The molecular formula is C18H29ClN2O. The van der Waals surface area contributed by atoms with Crippen LogP contribution < -0.4 is 11.1 Å². The Hall–Kier alpha value is -1.06. The van der Waals surface area contributed by atoms with Crippen LogP contribution in [-0.4, -0.2) is 12.5 Å². The lowest BCUT2D eigenvalue weighted by Gasteiger charge is -2.24. The lowest BCUT2D eigenvalue weighted by atomic mass is 9.83. The van der Waals surface area contributed by atoms with Gasteiger partial charge in [0.25, 0.3) is 0 Å². The summed E-state index contributed by atoms with van der Waals surface area (Å²) in [5.41, 5.74) is 7.18. The fourth-order valence-corrected chi connectivity index (χ4v) is 3.23. The van der Waals surface area contributed by atoms with E-state index in [4.69, 9.17) is 5.73 Å². The fourth-order valence-electron chi connectivity index (χ4n) is 3.23. The molecule has 0 saturated heterocycles. The number of hydrogen-bond donors (Lipinski definition) is 2. The summed E-state index contributed by atoms with van der Waals surface area (Å²) in [6.07, 6.45) is 7.63. The topological polar surface area (TPSA) is 55.1 Å². The molecule has 1 fully saturated rings. The molecule has 0 spiro atoms. The highest BCUT2D eigenvalue weighted by molar-refractivity contribution is 5.85. The molecular weight excluding hydrogens is 296 g/mol. The highest BCUT2D eigenvalue weighted by atomic mass is 35.5. The number of carbonyl (C=O) groups is 1. The van der Waals surface area contributed by atoms with Crippen LogP contribution in [0.3, 0.4) is 0 Å². The summed E-state index contributed by atoms with van der Waals surface area (Å²) in [6.45, 7) is 2.55. The van der Waals surface area contributed by atoms with Crippen molar-refractivity contribution in [1.29, 1.82) is 0 Å². The monoisotopic (exact) mass is 324 g/mol. The average molecular weight is 325 g/mol. The van der Waals surface area contributed by atoms with Gasteiger partial charge in [-0.05, 0) is 17.9 Å². The molecule has 1 aromatic carbocycles. The molecule has 3 N–H and O–H groups in total. The molecule has 1 amide bonds. The van der Waals surface area contributed by atoms with E-state index in [1.807, 2.05) is 37.3 Å². The molecule has 2 atom stereocenters. The molecule has 1 aromatic rings. The van der Waals surface area contributed by atoms with Gasteiger partial charge >= 0.3 is 0 Å². The molecule has 0 radical (unpaired) electrons. The molecule has 2 rings (SSSR count). The van der Waals surface area contributed by atoms with Crippen molar-refractivity contribution in [2.45, 2.75) is 51.5 Å². The van der Waals surface area contributed by atoms with E-state index >= 15 is 0 Å². The summed E-state index contributed by atoms with van der Waals surface area (Å²) in [4.78, 5) is 12.2. The van der Waals surface area contributed by atoms with E-state index in [0.29, 0.717) is 6.54 Å². The van der Waals surface area contributed by atoms with E-state index in [9.17, 15) is 4.79 Å². The van der Waals surface area contributed by atoms with Crippen LogP contribution in [0, 0.1) is 11.8 Å². The summed E-state index contributed by atoms with van der Waals surface area (Å²) in [5.74, 6) is 0.977. The van der Waals surface area contributed by atoms with Gasteiger partial charge in [-0.25, -0.2) is 0 Å². The van der Waals surface area contributed by atoms with E-state index in [1.165, 1.54) is 32.1 Å². The number of halogens is 1. The van der Waals surface area contributed by atoms with Gasteiger partial charge in [-0.2, -0.15) is 0 Å². The van der Waals surface area contributed by atoms with Gasteiger partial charge in [0.1, 0.15) is 0 Å². The number of nitrogens with one attached hydrogen (secondary N) is 1. The number of nitrogens with two attached hydrogens (primary N) is 1. The summed E-state index contributed by atoms with van der Waals surface area (Å²) in [7, 11) is 0. The molecule has 0 bridgehead atoms. The zero-order chi connectivity index (χ0) is 15.1. The second kappa shape index (κ2) is 9.86. The molecule has 0 aliphatic heterocycles. The molecule has 4 heteroatoms. The van der Waals surface area contributed by atoms with Crippen molar-refractivity contribution in [2.24, 2.45) is 17.6 Å². The smallest absolute Gasteiger partial charge is 0.222 e. The maximum Gasteiger partial charge on any atom is 0.222 e. The van der Waals surface area contributed by atoms with E-state index in [0.717, 1.165) is 17.9 Å². The third-order valence-electron chi connectivity index (χ3n) is 4.58. The van der Waals surface area contributed by atoms with Crippen molar-refractivity contribution in [3.8, 4) is 0 Å². The van der Waals surface area contributed by atoms with E-state index in [-0.39, 0.29) is 30.3 Å². The maximum absolute atomic E-state index is 12.2. The van der Waals surface area contributed by atoms with Gasteiger partial charge in [-0.1, -0.05) is 69.4 Å². The molecule has 1 aliphatic carbocycles. The van der Waals surface area contributed by atoms with Crippen LogP contribution in [0.2, 0.25) is 0 Å². The molecule has 2 unspecified atom stereocenters. The standard InChI is InChI=1S/C18H28N2O.ClH/c1-14(12-15-8-4-2-5-9-15)18(21)20-13-17(19)16-10-6-3-7-11-16;/h3,6-7,10-11,14-15,17H,2,4-5,8-9,12-13,19H2,1H3,(H,20,21);1H. The summed E-state index contributed by atoms with van der Waals surface area (Å²) in [6, 6.07) is 9.80. The quantitative estimate of drug-likeness (QED) is 0.835. The molecule has 22 heavy (non-hydrogen) atoms. The Morgan fingerprint density at radius 2 is 1.86 bits per heavy atom. The Balaban J connectivity index is 0.00000242. The van der Waals surface area contributed by atoms with Crippen molar-refractivity contribution in [3.05, 3.63) is 35.9 Å². The molecule has 1 saturated carbocycles. The number of rotatable bonds is 6. The number of amides is 1. The predicted octanol–water partition coefficient (Wildman–Crippen LogP) is 3.83. The zero-order valence-electron chi connectivity index (χ0n) is 13.5. The van der Waals surface area contributed by atoms with Gasteiger partial charge in [-0.15, -0.1) is 12.4 Å². The number of hydrogen-bond acceptors (Lipinski definition) is 2. The van der Waals surface area contributed by atoms with Crippen molar-refractivity contribution >= 4 is 18.3 Å². The minimum atomic E-state index is -0.128. The molecule has 3 nitrogen and oxygen atoms in total. The summed E-state index contributed by atoms with van der Waals surface area (Å²) < 4.78 is 0. The largest absolute Gasteiger partial charge is 0.354 e. The van der Waals surface area contributed by atoms with Gasteiger partial charge in [0, 0.05) is 18.5 Å². The van der Waals surface area contributed by atoms with E-state index in [2.05, 4.69) is 5.32 Å². The maximum atomic E-state index is 12.2. The normalized spacial score (nSPS) is 18.1. The van der Waals surface area contributed by atoms with Crippen molar-refractivity contribution in [1.82, 2.24) is 5.32 Å². The summed E-state index contributed by atoms with van der Waals surface area (Å²) in [5, 5.41) is 3.01. The second-order valence-corrected chi connectivity index (χ2v) is 6.40. The first-order valence-electron chi connectivity index (χ1n) is 8.25. The molecule has 1 aliphatic rings. The minimum Gasteiger partial charge on any atom is -0.354 e. The predicted molar refractivity (Wildman–Crippen MR) is 94.0 cm³/mol. The first kappa shape index (κ1) is 19.0. The molecule has 124 valence electrons. The van der Waals surface area contributed by atoms with Gasteiger partial charge in [0.2, 0.25) is 5.91 Å². The Kier molecular flexibility index (Phi) is 8.51. The average Bonchev–Trinajstić information content (AvgIpc) is 2.54. The van der Waals surface area contributed by atoms with Crippen LogP contribution in [-0.2, 0) is 4.79 Å². The van der Waals surface area contributed by atoms with Crippen LogP contribution in [0.1, 0.15) is 57.1 Å². The van der Waals surface area contributed by atoms with E-state index in [1.54, 1.807) is 0 Å². The van der Waals surface area contributed by atoms with Gasteiger partial charge in [0.05, 0.1) is 0 Å². The highest BCUT2D eigenvalue weighted by Gasteiger charge is 2.21. The minimum absolute atomic E-state index is 0. The van der Waals surface area contributed by atoms with Gasteiger partial charge in [0.15, 0.2) is 0 Å². The molecule has 0 heterocycles. The highest BCUT2D eigenvalue weighted by Crippen LogP contribution is 2.29. The third-order valence-corrected chi connectivity index (χ3v) is 4.58. The Morgan fingerprint density at radius 3 is 2.50 bits per heavy atom. The number of carbonyl (C=O) groups excluding carboxylic acids is 1. The fraction of sp³-hybridized carbons (Fsp3) is 0.611. The summed E-state index contributed by atoms with van der Waals surface area (Å²) >= 11 is 0. The van der Waals surface area contributed by atoms with E-state index < -0.39 is 0 Å². The van der Waals surface area contributed by atoms with Crippen LogP contribution in [0.25, 0.3) is 0 Å². The Morgan fingerprint density at radius 1 is 1.23 bits per heavy atom. The lowest BCUT2D eigenvalue weighted by molar-refractivity contribution is -0.125. The van der Waals surface area contributed by atoms with Gasteiger partial charge in [-0.3, -0.25) is 4.79 Å². The third kappa shape index (κ3) is 5.98. The van der Waals surface area contributed by atoms with Gasteiger partial charge < -0.3 is 11.1 Å². The van der Waals surface area contributed by atoms with Crippen LogP contribution in [0.15, 0.2) is 30.3 Å². The van der Waals surface area contributed by atoms with Crippen LogP contribution in [0.4, 0.5) is 0 Å². The first-order chi connectivity index (χ1) is 10.2. The van der Waals surface area contributed by atoms with Crippen molar-refractivity contribution in [3.63, 3.8) is 0 Å². The molecule has 0 aromatic heterocycles. The SMILES string of the molecule is CC(CC1CCCCC1)C(=O)NCC(N)c1ccccc1.Cl. The zero-order valence-corrected chi connectivity index (χ0v) is 14.3. The second-order valence-electron chi connectivity index (χ2n) is 6.40. The van der Waals surface area contributed by atoms with Crippen LogP contribution >= 0.6 is 12.4 Å². The Labute approximate surface area is 140 Å². The number of benzene rings is 1. The lowest BCUT2D eigenvalue weighted by Crippen LogP contribution is -2.36. The van der Waals surface area contributed by atoms with Crippen molar-refractivity contribution in [2.75, 3.05) is 6.54 Å². The van der Waals surface area contributed by atoms with Crippen LogP contribution in [0.5, 0.6) is 0 Å².